The van der Waals surface area contributed by atoms with E-state index < -0.39 is 0 Å². The first-order valence-corrected chi connectivity index (χ1v) is 11.4. The van der Waals surface area contributed by atoms with Gasteiger partial charge in [0.25, 0.3) is 11.8 Å². The quantitative estimate of drug-likeness (QED) is 0.456. The number of carbonyl (C=O) groups excluding carboxylic acids is 2. The van der Waals surface area contributed by atoms with Gasteiger partial charge in [-0.15, -0.1) is 0 Å². The second kappa shape index (κ2) is 9.24. The second-order valence-corrected chi connectivity index (χ2v) is 9.64. The Bertz CT molecular complexity index is 1190. The molecule has 5 heteroatoms. The third kappa shape index (κ3) is 5.01. The van der Waals surface area contributed by atoms with Gasteiger partial charge in [0.05, 0.1) is 5.57 Å². The number of amides is 2. The molecule has 0 saturated heterocycles. The minimum Gasteiger partial charge on any atom is -0.350 e. The van der Waals surface area contributed by atoms with Gasteiger partial charge in [0.1, 0.15) is 5.70 Å². The molecule has 0 unspecified atom stereocenters. The normalized spacial score (nSPS) is 14.2. The van der Waals surface area contributed by atoms with Crippen LogP contribution in [0.2, 0.25) is 5.02 Å². The zero-order valence-corrected chi connectivity index (χ0v) is 19.8. The molecule has 168 valence electrons. The zero-order valence-electron chi connectivity index (χ0n) is 19.1. The first-order chi connectivity index (χ1) is 15.7. The molecular weight excluding hydrogens is 432 g/mol. The lowest BCUT2D eigenvalue weighted by atomic mass is 9.87. The maximum atomic E-state index is 13.4. The highest BCUT2D eigenvalue weighted by Crippen LogP contribution is 2.31. The number of hydrogen-bond donors (Lipinski definition) is 1. The number of imide groups is 1. The van der Waals surface area contributed by atoms with Gasteiger partial charge in [-0.05, 0) is 52.8 Å². The van der Waals surface area contributed by atoms with Gasteiger partial charge in [-0.1, -0.05) is 87.0 Å². The summed E-state index contributed by atoms with van der Waals surface area (Å²) in [7, 11) is 0. The molecule has 0 spiro atoms. The van der Waals surface area contributed by atoms with Crippen molar-refractivity contribution in [3.05, 3.63) is 106 Å². The maximum absolute atomic E-state index is 13.4. The van der Waals surface area contributed by atoms with Crippen LogP contribution in [0.3, 0.4) is 0 Å². The number of nitrogens with one attached hydrogen (secondary N) is 1. The first-order valence-electron chi connectivity index (χ1n) is 11.0. The van der Waals surface area contributed by atoms with Gasteiger partial charge >= 0.3 is 0 Å². The molecule has 1 aliphatic rings. The van der Waals surface area contributed by atoms with Crippen LogP contribution in [0.4, 0.5) is 5.69 Å². The molecule has 3 aromatic rings. The summed E-state index contributed by atoms with van der Waals surface area (Å²) in [5.74, 6) is -0.596. The highest BCUT2D eigenvalue weighted by atomic mass is 35.5. The van der Waals surface area contributed by atoms with E-state index in [0.29, 0.717) is 29.3 Å². The van der Waals surface area contributed by atoms with E-state index in [1.54, 1.807) is 0 Å². The third-order valence-electron chi connectivity index (χ3n) is 5.79. The van der Waals surface area contributed by atoms with Gasteiger partial charge in [-0.3, -0.25) is 14.5 Å². The van der Waals surface area contributed by atoms with Crippen LogP contribution in [-0.2, 0) is 21.4 Å². The SMILES string of the molecule is CC(C)(C)c1ccc(NC2=C(c3ccccc3)C(=O)N(CCc3ccc(Cl)cc3)C2=O)cc1. The molecule has 1 heterocycles. The molecule has 1 N–H and O–H groups in total. The molecule has 0 aromatic heterocycles. The lowest BCUT2D eigenvalue weighted by Gasteiger charge is -2.19. The van der Waals surface area contributed by atoms with Crippen LogP contribution in [-0.4, -0.2) is 23.3 Å². The van der Waals surface area contributed by atoms with Crippen molar-refractivity contribution in [2.24, 2.45) is 0 Å². The second-order valence-electron chi connectivity index (χ2n) is 9.21. The summed E-state index contributed by atoms with van der Waals surface area (Å²) < 4.78 is 0. The number of carbonyl (C=O) groups is 2. The average molecular weight is 459 g/mol. The maximum Gasteiger partial charge on any atom is 0.278 e. The monoisotopic (exact) mass is 458 g/mol. The van der Waals surface area contributed by atoms with Gasteiger partial charge in [0, 0.05) is 17.3 Å². The summed E-state index contributed by atoms with van der Waals surface area (Å²) in [5.41, 5.74) is 4.45. The molecule has 0 fully saturated rings. The molecule has 0 bridgehead atoms. The summed E-state index contributed by atoms with van der Waals surface area (Å²) >= 11 is 5.97. The number of halogens is 1. The van der Waals surface area contributed by atoms with Gasteiger partial charge < -0.3 is 5.32 Å². The molecule has 4 nitrogen and oxygen atoms in total. The van der Waals surface area contributed by atoms with Crippen LogP contribution >= 0.6 is 11.6 Å². The van der Waals surface area contributed by atoms with Gasteiger partial charge in [-0.25, -0.2) is 0 Å². The summed E-state index contributed by atoms with van der Waals surface area (Å²) in [4.78, 5) is 28.1. The van der Waals surface area contributed by atoms with Crippen LogP contribution in [0.25, 0.3) is 5.57 Å². The Balaban J connectivity index is 1.62. The van der Waals surface area contributed by atoms with Gasteiger partial charge in [-0.2, -0.15) is 0 Å². The Morgan fingerprint density at radius 2 is 1.45 bits per heavy atom. The Morgan fingerprint density at radius 3 is 2.06 bits per heavy atom. The van der Waals surface area contributed by atoms with E-state index in [-0.39, 0.29) is 17.2 Å². The van der Waals surface area contributed by atoms with E-state index in [1.807, 2.05) is 78.9 Å². The predicted octanol–water partition coefficient (Wildman–Crippen LogP) is 6.07. The Labute approximate surface area is 199 Å². The number of hydrogen-bond acceptors (Lipinski definition) is 3. The zero-order chi connectivity index (χ0) is 23.6. The number of benzene rings is 3. The van der Waals surface area contributed by atoms with E-state index in [0.717, 1.165) is 16.8 Å². The molecule has 2 amide bonds. The minimum atomic E-state index is -0.312. The van der Waals surface area contributed by atoms with Crippen LogP contribution < -0.4 is 5.32 Å². The standard InChI is InChI=1S/C28H27ClN2O2/c1-28(2,3)21-11-15-23(16-12-21)30-25-24(20-7-5-4-6-8-20)26(32)31(27(25)33)18-17-19-9-13-22(29)14-10-19/h4-16,30H,17-18H2,1-3H3. The van der Waals surface area contributed by atoms with Crippen molar-refractivity contribution >= 4 is 34.7 Å². The molecule has 0 aliphatic carbocycles. The van der Waals surface area contributed by atoms with E-state index in [9.17, 15) is 9.59 Å². The van der Waals surface area contributed by atoms with Crippen molar-refractivity contribution in [3.63, 3.8) is 0 Å². The van der Waals surface area contributed by atoms with Crippen LogP contribution in [0.1, 0.15) is 37.5 Å². The minimum absolute atomic E-state index is 0.0323. The van der Waals surface area contributed by atoms with Crippen LogP contribution in [0.5, 0.6) is 0 Å². The van der Waals surface area contributed by atoms with Crippen molar-refractivity contribution in [2.45, 2.75) is 32.6 Å². The topological polar surface area (TPSA) is 49.4 Å². The molecule has 3 aromatic carbocycles. The molecule has 0 radical (unpaired) electrons. The predicted molar refractivity (Wildman–Crippen MR) is 134 cm³/mol. The van der Waals surface area contributed by atoms with Crippen LogP contribution in [0, 0.1) is 0 Å². The van der Waals surface area contributed by atoms with Crippen molar-refractivity contribution in [3.8, 4) is 0 Å². The molecule has 1 aliphatic heterocycles. The van der Waals surface area contributed by atoms with Gasteiger partial charge in [0.15, 0.2) is 0 Å². The summed E-state index contributed by atoms with van der Waals surface area (Å²) in [6.45, 7) is 6.76. The smallest absolute Gasteiger partial charge is 0.278 e. The fourth-order valence-electron chi connectivity index (χ4n) is 3.86. The van der Waals surface area contributed by atoms with Gasteiger partial charge in [0.2, 0.25) is 0 Å². The van der Waals surface area contributed by atoms with Crippen molar-refractivity contribution in [1.29, 1.82) is 0 Å². The number of nitrogens with zero attached hydrogens (tertiary/aromatic N) is 1. The lowest BCUT2D eigenvalue weighted by Crippen LogP contribution is -2.34. The summed E-state index contributed by atoms with van der Waals surface area (Å²) in [6.07, 6.45) is 0.560. The lowest BCUT2D eigenvalue weighted by molar-refractivity contribution is -0.136. The molecule has 33 heavy (non-hydrogen) atoms. The number of rotatable bonds is 6. The third-order valence-corrected chi connectivity index (χ3v) is 6.04. The van der Waals surface area contributed by atoms with E-state index in [1.165, 1.54) is 10.5 Å². The molecular formula is C28H27ClN2O2. The fourth-order valence-corrected chi connectivity index (χ4v) is 3.98. The highest BCUT2D eigenvalue weighted by molar-refractivity contribution is 6.36. The van der Waals surface area contributed by atoms with E-state index in [4.69, 9.17) is 11.6 Å². The summed E-state index contributed by atoms with van der Waals surface area (Å²) in [5, 5.41) is 3.89. The molecule has 0 atom stereocenters. The van der Waals surface area contributed by atoms with Crippen molar-refractivity contribution in [2.75, 3.05) is 11.9 Å². The largest absolute Gasteiger partial charge is 0.350 e. The average Bonchev–Trinajstić information content (AvgIpc) is 3.03. The van der Waals surface area contributed by atoms with Crippen molar-refractivity contribution < 1.29 is 9.59 Å². The Morgan fingerprint density at radius 1 is 0.818 bits per heavy atom. The highest BCUT2D eigenvalue weighted by Gasteiger charge is 2.38. The first kappa shape index (κ1) is 22.8. The van der Waals surface area contributed by atoms with Crippen molar-refractivity contribution in [1.82, 2.24) is 4.90 Å². The summed E-state index contributed by atoms with van der Waals surface area (Å²) in [6, 6.07) is 24.8. The molecule has 4 rings (SSSR count). The van der Waals surface area contributed by atoms with E-state index >= 15 is 0 Å². The Kier molecular flexibility index (Phi) is 6.39. The Hall–Kier alpha value is -3.37. The number of anilines is 1. The molecule has 0 saturated carbocycles. The van der Waals surface area contributed by atoms with Crippen LogP contribution in [0.15, 0.2) is 84.6 Å². The fraction of sp³-hybridized carbons (Fsp3) is 0.214. The van der Waals surface area contributed by atoms with E-state index in [2.05, 4.69) is 26.1 Å².